The van der Waals surface area contributed by atoms with E-state index in [2.05, 4.69) is 45.6 Å². The summed E-state index contributed by atoms with van der Waals surface area (Å²) in [5.41, 5.74) is 3.83. The first kappa shape index (κ1) is 23.7. The Morgan fingerprint density at radius 3 is 2.61 bits per heavy atom. The van der Waals surface area contributed by atoms with E-state index in [0.29, 0.717) is 30.4 Å². The van der Waals surface area contributed by atoms with Gasteiger partial charge in [-0.25, -0.2) is 4.98 Å². The monoisotopic (exact) mass is 468 g/mol. The van der Waals surface area contributed by atoms with E-state index in [1.165, 1.54) is 24.1 Å². The molecule has 2 saturated heterocycles. The smallest absolute Gasteiger partial charge is 0.254 e. The normalized spacial score (nSPS) is 17.9. The number of ether oxygens (including phenoxy) is 1. The number of carbonyl (C=O) groups is 1. The summed E-state index contributed by atoms with van der Waals surface area (Å²) in [5.74, 6) is 0.0137. The SMILES string of the molecule is C=CCOC(CN1CCN(C(=O)c2cc(C)nc(Cl)c2)CC1)c1cccc(N2CCCC2)c1. The molecule has 33 heavy (non-hydrogen) atoms. The fourth-order valence-electron chi connectivity index (χ4n) is 4.64. The second kappa shape index (κ2) is 11.1. The maximum Gasteiger partial charge on any atom is 0.254 e. The quantitative estimate of drug-likeness (QED) is 0.426. The van der Waals surface area contributed by atoms with Crippen molar-refractivity contribution in [2.75, 3.05) is 57.3 Å². The number of halogens is 1. The predicted octanol–water partition coefficient (Wildman–Crippen LogP) is 4.35. The maximum absolute atomic E-state index is 12.9. The lowest BCUT2D eigenvalue weighted by Gasteiger charge is -2.36. The Morgan fingerprint density at radius 1 is 1.15 bits per heavy atom. The Bertz CT molecular complexity index is 948. The predicted molar refractivity (Wildman–Crippen MR) is 133 cm³/mol. The van der Waals surface area contributed by atoms with Gasteiger partial charge in [0.25, 0.3) is 5.91 Å². The molecule has 1 atom stereocenters. The molecule has 0 bridgehead atoms. The van der Waals surface area contributed by atoms with Gasteiger partial charge in [0.1, 0.15) is 5.15 Å². The van der Waals surface area contributed by atoms with E-state index in [9.17, 15) is 4.79 Å². The molecule has 2 fully saturated rings. The number of carbonyl (C=O) groups excluding carboxylic acids is 1. The third kappa shape index (κ3) is 6.14. The third-order valence-corrected chi connectivity index (χ3v) is 6.57. The second-order valence-corrected chi connectivity index (χ2v) is 9.20. The highest BCUT2D eigenvalue weighted by Gasteiger charge is 2.25. The number of rotatable bonds is 8. The molecule has 3 heterocycles. The lowest BCUT2D eigenvalue weighted by molar-refractivity contribution is 0.0245. The first-order valence-corrected chi connectivity index (χ1v) is 12.1. The first-order chi connectivity index (χ1) is 16.0. The molecule has 1 unspecified atom stereocenters. The fourth-order valence-corrected chi connectivity index (χ4v) is 4.89. The molecule has 176 valence electrons. The van der Waals surface area contributed by atoms with Crippen LogP contribution in [0, 0.1) is 6.92 Å². The van der Waals surface area contributed by atoms with Crippen molar-refractivity contribution >= 4 is 23.2 Å². The minimum absolute atomic E-state index is 0.0137. The van der Waals surface area contributed by atoms with Crippen LogP contribution < -0.4 is 4.90 Å². The number of aromatic nitrogens is 1. The molecule has 6 nitrogen and oxygen atoms in total. The molecule has 7 heteroatoms. The summed E-state index contributed by atoms with van der Waals surface area (Å²) in [4.78, 5) is 23.8. The molecule has 0 aliphatic carbocycles. The molecule has 2 aliphatic rings. The van der Waals surface area contributed by atoms with Gasteiger partial charge in [-0.2, -0.15) is 0 Å². The maximum atomic E-state index is 12.9. The van der Waals surface area contributed by atoms with E-state index < -0.39 is 0 Å². The first-order valence-electron chi connectivity index (χ1n) is 11.8. The highest BCUT2D eigenvalue weighted by atomic mass is 35.5. The largest absolute Gasteiger partial charge is 0.372 e. The van der Waals surface area contributed by atoms with Crippen molar-refractivity contribution in [3.8, 4) is 0 Å². The molecule has 4 rings (SSSR count). The van der Waals surface area contributed by atoms with Gasteiger partial charge in [-0.15, -0.1) is 6.58 Å². The number of aryl methyl sites for hydroxylation is 1. The number of amides is 1. The van der Waals surface area contributed by atoms with Crippen molar-refractivity contribution in [3.63, 3.8) is 0 Å². The molecule has 1 aromatic heterocycles. The van der Waals surface area contributed by atoms with Gasteiger partial charge in [0.2, 0.25) is 0 Å². The van der Waals surface area contributed by atoms with Crippen LogP contribution in [-0.4, -0.2) is 73.1 Å². The number of piperazine rings is 1. The summed E-state index contributed by atoms with van der Waals surface area (Å²) in [7, 11) is 0. The van der Waals surface area contributed by atoms with Crippen LogP contribution in [-0.2, 0) is 4.74 Å². The van der Waals surface area contributed by atoms with Crippen LogP contribution in [0.25, 0.3) is 0 Å². The van der Waals surface area contributed by atoms with E-state index >= 15 is 0 Å². The molecule has 0 radical (unpaired) electrons. The molecular weight excluding hydrogens is 436 g/mol. The molecule has 0 saturated carbocycles. The Hall–Kier alpha value is -2.41. The average molecular weight is 469 g/mol. The van der Waals surface area contributed by atoms with Crippen LogP contribution in [0.1, 0.15) is 40.6 Å². The number of hydrogen-bond acceptors (Lipinski definition) is 5. The van der Waals surface area contributed by atoms with Gasteiger partial charge >= 0.3 is 0 Å². The Kier molecular flexibility index (Phi) is 8.02. The van der Waals surface area contributed by atoms with Gasteiger partial charge < -0.3 is 14.5 Å². The van der Waals surface area contributed by atoms with Gasteiger partial charge in [-0.05, 0) is 49.6 Å². The summed E-state index contributed by atoms with van der Waals surface area (Å²) < 4.78 is 6.19. The summed E-state index contributed by atoms with van der Waals surface area (Å²) in [5, 5.41) is 0.357. The summed E-state index contributed by atoms with van der Waals surface area (Å²) in [6, 6.07) is 12.2. The van der Waals surface area contributed by atoms with Gasteiger partial charge in [0.15, 0.2) is 0 Å². The molecule has 2 aromatic rings. The molecular formula is C26H33ClN4O2. The molecule has 2 aliphatic heterocycles. The zero-order valence-electron chi connectivity index (χ0n) is 19.4. The lowest BCUT2D eigenvalue weighted by atomic mass is 10.1. The molecule has 0 spiro atoms. The van der Waals surface area contributed by atoms with Crippen molar-refractivity contribution < 1.29 is 9.53 Å². The number of benzene rings is 1. The van der Waals surface area contributed by atoms with Crippen molar-refractivity contribution in [3.05, 3.63) is 71.0 Å². The van der Waals surface area contributed by atoms with Gasteiger partial charge in [-0.3, -0.25) is 9.69 Å². The number of pyridine rings is 1. The molecule has 0 N–H and O–H groups in total. The summed E-state index contributed by atoms with van der Waals surface area (Å²) >= 11 is 6.05. The lowest BCUT2D eigenvalue weighted by Crippen LogP contribution is -2.49. The molecule has 1 aromatic carbocycles. The minimum Gasteiger partial charge on any atom is -0.372 e. The number of hydrogen-bond donors (Lipinski definition) is 0. The van der Waals surface area contributed by atoms with E-state index in [1.807, 2.05) is 11.8 Å². The van der Waals surface area contributed by atoms with Crippen LogP contribution in [0.5, 0.6) is 0 Å². The van der Waals surface area contributed by atoms with Crippen LogP contribution in [0.15, 0.2) is 49.1 Å². The Morgan fingerprint density at radius 2 is 1.91 bits per heavy atom. The highest BCUT2D eigenvalue weighted by Crippen LogP contribution is 2.27. The van der Waals surface area contributed by atoms with Crippen LogP contribution in [0.2, 0.25) is 5.15 Å². The number of nitrogens with zero attached hydrogens (tertiary/aromatic N) is 4. The Labute approximate surface area is 201 Å². The van der Waals surface area contributed by atoms with Gasteiger partial charge in [-0.1, -0.05) is 29.8 Å². The summed E-state index contributed by atoms with van der Waals surface area (Å²) in [6.45, 7) is 12.2. The zero-order valence-corrected chi connectivity index (χ0v) is 20.1. The van der Waals surface area contributed by atoms with Crippen LogP contribution >= 0.6 is 11.6 Å². The Balaban J connectivity index is 1.39. The highest BCUT2D eigenvalue weighted by molar-refractivity contribution is 6.29. The van der Waals surface area contributed by atoms with E-state index in [0.717, 1.165) is 38.4 Å². The second-order valence-electron chi connectivity index (χ2n) is 8.81. The van der Waals surface area contributed by atoms with Crippen LogP contribution in [0.3, 0.4) is 0 Å². The zero-order chi connectivity index (χ0) is 23.2. The fraction of sp³-hybridized carbons (Fsp3) is 0.462. The standard InChI is InChI=1S/C26H33ClN4O2/c1-3-15-33-24(21-7-6-8-23(17-21)30-9-4-5-10-30)19-29-11-13-31(14-12-29)26(32)22-16-20(2)28-25(27)18-22/h3,6-8,16-18,24H,1,4-5,9-15,19H2,2H3. The summed E-state index contributed by atoms with van der Waals surface area (Å²) in [6.07, 6.45) is 4.29. The van der Waals surface area contributed by atoms with Gasteiger partial charge in [0.05, 0.1) is 12.7 Å². The van der Waals surface area contributed by atoms with Crippen LogP contribution in [0.4, 0.5) is 5.69 Å². The minimum atomic E-state index is -0.0329. The average Bonchev–Trinajstić information content (AvgIpc) is 3.36. The van der Waals surface area contributed by atoms with Crippen molar-refractivity contribution in [1.29, 1.82) is 0 Å². The van der Waals surface area contributed by atoms with E-state index in [1.54, 1.807) is 18.2 Å². The third-order valence-electron chi connectivity index (χ3n) is 6.38. The van der Waals surface area contributed by atoms with Crippen molar-refractivity contribution in [2.24, 2.45) is 0 Å². The van der Waals surface area contributed by atoms with Crippen molar-refractivity contribution in [1.82, 2.24) is 14.8 Å². The van der Waals surface area contributed by atoms with E-state index in [-0.39, 0.29) is 12.0 Å². The molecule has 1 amide bonds. The topological polar surface area (TPSA) is 48.9 Å². The van der Waals surface area contributed by atoms with Gasteiger partial charge in [0, 0.05) is 62.8 Å². The number of anilines is 1. The van der Waals surface area contributed by atoms with Crippen molar-refractivity contribution in [2.45, 2.75) is 25.9 Å². The van der Waals surface area contributed by atoms with E-state index in [4.69, 9.17) is 16.3 Å².